The van der Waals surface area contributed by atoms with E-state index in [4.69, 9.17) is 0 Å². The standard InChI is InChI=1S/C20H21F3N2OS/c1-2-27-18-9-4-3-8-17(18)19(26)25-12-10-24(11-13-25)16-7-5-6-15(14-16)20(21,22)23/h3-9,14H,2,10-13H2,1H3. The van der Waals surface area contributed by atoms with Crippen LogP contribution in [0.15, 0.2) is 53.4 Å². The monoisotopic (exact) mass is 394 g/mol. The van der Waals surface area contributed by atoms with Crippen molar-refractivity contribution >= 4 is 23.4 Å². The average Bonchev–Trinajstić information content (AvgIpc) is 2.68. The Morgan fingerprint density at radius 1 is 1.04 bits per heavy atom. The van der Waals surface area contributed by atoms with Gasteiger partial charge in [-0.25, -0.2) is 0 Å². The molecule has 1 amide bonds. The van der Waals surface area contributed by atoms with E-state index in [9.17, 15) is 18.0 Å². The van der Waals surface area contributed by atoms with Gasteiger partial charge in [0.2, 0.25) is 0 Å². The molecular weight excluding hydrogens is 373 g/mol. The highest BCUT2D eigenvalue weighted by Crippen LogP contribution is 2.32. The van der Waals surface area contributed by atoms with Gasteiger partial charge in [0.25, 0.3) is 5.91 Å². The van der Waals surface area contributed by atoms with Crippen molar-refractivity contribution in [1.82, 2.24) is 4.90 Å². The molecule has 1 heterocycles. The normalized spacial score (nSPS) is 15.1. The van der Waals surface area contributed by atoms with Gasteiger partial charge in [-0.15, -0.1) is 11.8 Å². The Kier molecular flexibility index (Phi) is 5.99. The number of anilines is 1. The highest BCUT2D eigenvalue weighted by Gasteiger charge is 2.31. The summed E-state index contributed by atoms with van der Waals surface area (Å²) >= 11 is 1.63. The predicted molar refractivity (Wildman–Crippen MR) is 102 cm³/mol. The molecule has 0 unspecified atom stereocenters. The van der Waals surface area contributed by atoms with Gasteiger partial charge in [-0.1, -0.05) is 25.1 Å². The maximum absolute atomic E-state index is 12.9. The van der Waals surface area contributed by atoms with Crippen molar-refractivity contribution in [2.45, 2.75) is 18.0 Å². The molecule has 1 fully saturated rings. The van der Waals surface area contributed by atoms with Crippen LogP contribution in [0.2, 0.25) is 0 Å². The smallest absolute Gasteiger partial charge is 0.368 e. The summed E-state index contributed by atoms with van der Waals surface area (Å²) in [5.74, 6) is 0.864. The van der Waals surface area contributed by atoms with Gasteiger partial charge in [0.1, 0.15) is 0 Å². The van der Waals surface area contributed by atoms with Crippen LogP contribution < -0.4 is 4.90 Å². The number of carbonyl (C=O) groups excluding carboxylic acids is 1. The van der Waals surface area contributed by atoms with Crippen molar-refractivity contribution in [1.29, 1.82) is 0 Å². The van der Waals surface area contributed by atoms with Crippen molar-refractivity contribution in [3.05, 3.63) is 59.7 Å². The van der Waals surface area contributed by atoms with Crippen LogP contribution in [0, 0.1) is 0 Å². The van der Waals surface area contributed by atoms with E-state index in [-0.39, 0.29) is 5.91 Å². The zero-order chi connectivity index (χ0) is 19.4. The van der Waals surface area contributed by atoms with Crippen LogP contribution in [-0.2, 0) is 6.18 Å². The van der Waals surface area contributed by atoms with Crippen molar-refractivity contribution in [3.63, 3.8) is 0 Å². The fourth-order valence-corrected chi connectivity index (χ4v) is 3.94. The predicted octanol–water partition coefficient (Wildman–Crippen LogP) is 4.78. The Morgan fingerprint density at radius 2 is 1.74 bits per heavy atom. The minimum Gasteiger partial charge on any atom is -0.368 e. The van der Waals surface area contributed by atoms with E-state index in [1.54, 1.807) is 22.7 Å². The Labute approximate surface area is 161 Å². The molecule has 3 nitrogen and oxygen atoms in total. The van der Waals surface area contributed by atoms with Crippen LogP contribution in [0.4, 0.5) is 18.9 Å². The molecule has 1 saturated heterocycles. The summed E-state index contributed by atoms with van der Waals surface area (Å²) < 4.78 is 38.8. The van der Waals surface area contributed by atoms with Crippen LogP contribution in [0.25, 0.3) is 0 Å². The van der Waals surface area contributed by atoms with Gasteiger partial charge < -0.3 is 9.80 Å². The van der Waals surface area contributed by atoms with E-state index in [1.807, 2.05) is 36.1 Å². The van der Waals surface area contributed by atoms with Crippen LogP contribution in [-0.4, -0.2) is 42.7 Å². The lowest BCUT2D eigenvalue weighted by Gasteiger charge is -2.36. The number of piperazine rings is 1. The number of thioether (sulfide) groups is 1. The van der Waals surface area contributed by atoms with Crippen molar-refractivity contribution in [2.75, 3.05) is 36.8 Å². The second kappa shape index (κ2) is 8.25. The van der Waals surface area contributed by atoms with Gasteiger partial charge in [-0.2, -0.15) is 13.2 Å². The van der Waals surface area contributed by atoms with Crippen molar-refractivity contribution < 1.29 is 18.0 Å². The van der Waals surface area contributed by atoms with Crippen molar-refractivity contribution in [2.24, 2.45) is 0 Å². The summed E-state index contributed by atoms with van der Waals surface area (Å²) in [5.41, 5.74) is 0.583. The molecule has 3 rings (SSSR count). The van der Waals surface area contributed by atoms with E-state index in [0.29, 0.717) is 37.4 Å². The highest BCUT2D eigenvalue weighted by molar-refractivity contribution is 7.99. The van der Waals surface area contributed by atoms with Crippen LogP contribution in [0.1, 0.15) is 22.8 Å². The van der Waals surface area contributed by atoms with Gasteiger partial charge >= 0.3 is 6.18 Å². The molecule has 1 aliphatic heterocycles. The third-order valence-corrected chi connectivity index (χ3v) is 5.48. The minimum atomic E-state index is -4.35. The Bertz CT molecular complexity index is 802. The first-order valence-corrected chi connectivity index (χ1v) is 9.82. The molecule has 0 aromatic heterocycles. The van der Waals surface area contributed by atoms with Gasteiger partial charge in [-0.05, 0) is 36.1 Å². The average molecular weight is 394 g/mol. The molecule has 27 heavy (non-hydrogen) atoms. The number of alkyl halides is 3. The molecule has 0 radical (unpaired) electrons. The Hall–Kier alpha value is -2.15. The second-order valence-corrected chi connectivity index (χ2v) is 7.56. The Balaban J connectivity index is 1.68. The minimum absolute atomic E-state index is 0.0183. The first kappa shape index (κ1) is 19.6. The number of nitrogens with zero attached hydrogens (tertiary/aromatic N) is 2. The van der Waals surface area contributed by atoms with Crippen LogP contribution >= 0.6 is 11.8 Å². The molecule has 0 spiro atoms. The molecule has 2 aromatic carbocycles. The first-order chi connectivity index (χ1) is 12.9. The van der Waals surface area contributed by atoms with E-state index in [1.165, 1.54) is 12.1 Å². The Morgan fingerprint density at radius 3 is 2.41 bits per heavy atom. The maximum Gasteiger partial charge on any atom is 0.416 e. The SMILES string of the molecule is CCSc1ccccc1C(=O)N1CCN(c2cccc(C(F)(F)F)c2)CC1. The number of amides is 1. The number of hydrogen-bond acceptors (Lipinski definition) is 3. The molecule has 144 valence electrons. The number of benzene rings is 2. The second-order valence-electron chi connectivity index (χ2n) is 6.26. The van der Waals surface area contributed by atoms with Gasteiger partial charge in [0.05, 0.1) is 11.1 Å². The summed E-state index contributed by atoms with van der Waals surface area (Å²) in [6, 6.07) is 12.9. The quantitative estimate of drug-likeness (QED) is 0.698. The number of halogens is 3. The first-order valence-electron chi connectivity index (χ1n) is 8.83. The summed E-state index contributed by atoms with van der Waals surface area (Å²) in [7, 11) is 0. The fraction of sp³-hybridized carbons (Fsp3) is 0.350. The van der Waals surface area contributed by atoms with E-state index < -0.39 is 11.7 Å². The molecular formula is C20H21F3N2OS. The largest absolute Gasteiger partial charge is 0.416 e. The topological polar surface area (TPSA) is 23.6 Å². The van der Waals surface area contributed by atoms with Crippen LogP contribution in [0.3, 0.4) is 0 Å². The molecule has 0 N–H and O–H groups in total. The van der Waals surface area contributed by atoms with Gasteiger partial charge in [0, 0.05) is 36.8 Å². The third kappa shape index (κ3) is 4.58. The van der Waals surface area contributed by atoms with E-state index in [2.05, 4.69) is 0 Å². The van der Waals surface area contributed by atoms with Crippen molar-refractivity contribution in [3.8, 4) is 0 Å². The molecule has 0 atom stereocenters. The molecule has 0 bridgehead atoms. The molecule has 2 aromatic rings. The summed E-state index contributed by atoms with van der Waals surface area (Å²) in [6.07, 6.45) is -4.35. The molecule has 0 aliphatic carbocycles. The highest BCUT2D eigenvalue weighted by atomic mass is 32.2. The summed E-state index contributed by atoms with van der Waals surface area (Å²) in [4.78, 5) is 17.5. The molecule has 0 saturated carbocycles. The van der Waals surface area contributed by atoms with E-state index in [0.717, 1.165) is 16.7 Å². The summed E-state index contributed by atoms with van der Waals surface area (Å²) in [6.45, 7) is 4.03. The van der Waals surface area contributed by atoms with E-state index >= 15 is 0 Å². The van der Waals surface area contributed by atoms with Crippen LogP contribution in [0.5, 0.6) is 0 Å². The number of carbonyl (C=O) groups is 1. The lowest BCUT2D eigenvalue weighted by molar-refractivity contribution is -0.137. The zero-order valence-corrected chi connectivity index (χ0v) is 15.8. The molecule has 1 aliphatic rings. The lowest BCUT2D eigenvalue weighted by atomic mass is 10.1. The van der Waals surface area contributed by atoms with Gasteiger partial charge in [-0.3, -0.25) is 4.79 Å². The number of rotatable bonds is 4. The zero-order valence-electron chi connectivity index (χ0n) is 15.0. The summed E-state index contributed by atoms with van der Waals surface area (Å²) in [5, 5.41) is 0. The maximum atomic E-state index is 12.9. The fourth-order valence-electron chi connectivity index (χ4n) is 3.14. The number of hydrogen-bond donors (Lipinski definition) is 0. The molecule has 7 heteroatoms. The van der Waals surface area contributed by atoms with Gasteiger partial charge in [0.15, 0.2) is 0 Å². The lowest BCUT2D eigenvalue weighted by Crippen LogP contribution is -2.49. The third-order valence-electron chi connectivity index (χ3n) is 4.52.